The number of methoxy groups -OCH3 is 1. The molecule has 1 fully saturated rings. The van der Waals surface area contributed by atoms with E-state index in [-0.39, 0.29) is 36.2 Å². The highest BCUT2D eigenvalue weighted by molar-refractivity contribution is 8.56. The van der Waals surface area contributed by atoms with E-state index < -0.39 is 43.3 Å². The molecule has 1 aliphatic heterocycles. The summed E-state index contributed by atoms with van der Waals surface area (Å²) >= 11 is 1.09. The Kier molecular flexibility index (Phi) is 9.67. The highest BCUT2D eigenvalue weighted by Gasteiger charge is 2.38. The number of benzene rings is 1. The second kappa shape index (κ2) is 12.8. The van der Waals surface area contributed by atoms with E-state index in [2.05, 4.69) is 20.0 Å². The molecule has 16 heteroatoms. The van der Waals surface area contributed by atoms with Gasteiger partial charge in [-0.2, -0.15) is 9.97 Å². The van der Waals surface area contributed by atoms with Crippen molar-refractivity contribution in [2.45, 2.75) is 44.2 Å². The first kappa shape index (κ1) is 30.2. The molecule has 5 atom stereocenters. The maximum absolute atomic E-state index is 13.3. The summed E-state index contributed by atoms with van der Waals surface area (Å²) in [5.41, 5.74) is 5.36. The predicted octanol–water partition coefficient (Wildman–Crippen LogP) is 2.20. The number of aliphatic hydroxyl groups is 2. The molecule has 1 unspecified atom stereocenters. The van der Waals surface area contributed by atoms with Crippen LogP contribution in [0.25, 0.3) is 11.2 Å². The number of hydrogen-bond donors (Lipinski definition) is 4. The summed E-state index contributed by atoms with van der Waals surface area (Å²) in [5.74, 6) is -0.0334. The second-order valence-corrected chi connectivity index (χ2v) is 13.7. The maximum atomic E-state index is 13.3. The Balaban J connectivity index is 1.38. The predicted molar refractivity (Wildman–Crippen MR) is 147 cm³/mol. The molecule has 4 rings (SSSR count). The number of nitrogens with one attached hydrogen (secondary N) is 1. The number of ether oxygens (including phenoxy) is 3. The summed E-state index contributed by atoms with van der Waals surface area (Å²) in [7, 11) is 1.41. The summed E-state index contributed by atoms with van der Waals surface area (Å²) in [6.07, 6.45) is 0.137. The third-order valence-electron chi connectivity index (χ3n) is 6.15. The van der Waals surface area contributed by atoms with Gasteiger partial charge in [-0.3, -0.25) is 13.9 Å². The molecule has 0 saturated carbocycles. The van der Waals surface area contributed by atoms with E-state index in [0.717, 1.165) is 16.9 Å². The van der Waals surface area contributed by atoms with Gasteiger partial charge in [-0.1, -0.05) is 41.7 Å². The number of rotatable bonds is 12. The fraction of sp³-hybridized carbons (Fsp3) is 0.500. The molecule has 0 spiro atoms. The lowest BCUT2D eigenvalue weighted by atomic mass is 10.1. The van der Waals surface area contributed by atoms with Crippen molar-refractivity contribution in [2.24, 2.45) is 0 Å². The highest BCUT2D eigenvalue weighted by atomic mass is 32.7. The first-order valence-corrected chi connectivity index (χ1v) is 15.7. The molecule has 218 valence electrons. The number of nitrogens with two attached hydrogens (primary N) is 1. The van der Waals surface area contributed by atoms with E-state index >= 15 is 0 Å². The summed E-state index contributed by atoms with van der Waals surface area (Å²) in [6, 6.07) is 8.53. The lowest BCUT2D eigenvalue weighted by molar-refractivity contribution is -0.158. The molecule has 1 aromatic carbocycles. The number of fused-ring (bicyclic) bond motifs is 1. The quantitative estimate of drug-likeness (QED) is 0.135. The zero-order chi connectivity index (χ0) is 28.9. The molecule has 0 amide bonds. The van der Waals surface area contributed by atoms with Gasteiger partial charge < -0.3 is 34.7 Å². The molecule has 2 aromatic heterocycles. The number of carbonyl (C=O) groups excluding carboxylic acids is 1. The smallest absolute Gasteiger partial charge is 0.327 e. The van der Waals surface area contributed by atoms with Crippen molar-refractivity contribution in [3.8, 4) is 5.88 Å². The molecule has 3 aromatic rings. The molecule has 14 nitrogen and oxygen atoms in total. The Morgan fingerprint density at radius 2 is 2.08 bits per heavy atom. The van der Waals surface area contributed by atoms with Crippen LogP contribution in [0.3, 0.4) is 0 Å². The van der Waals surface area contributed by atoms with Crippen molar-refractivity contribution in [1.29, 1.82) is 0 Å². The molecule has 1 saturated heterocycles. The largest absolute Gasteiger partial charge is 0.479 e. The van der Waals surface area contributed by atoms with E-state index in [1.165, 1.54) is 24.9 Å². The van der Waals surface area contributed by atoms with Crippen LogP contribution in [-0.2, 0) is 23.4 Å². The summed E-state index contributed by atoms with van der Waals surface area (Å²) in [5, 5.41) is 23.5. The molecule has 3 heterocycles. The Morgan fingerprint density at radius 1 is 1.32 bits per heavy atom. The number of anilines is 1. The molecule has 1 aliphatic rings. The minimum Gasteiger partial charge on any atom is -0.479 e. The monoisotopic (exact) mass is 596 g/mol. The third-order valence-corrected chi connectivity index (χ3v) is 10.3. The van der Waals surface area contributed by atoms with Gasteiger partial charge in [-0.25, -0.2) is 10.1 Å². The first-order chi connectivity index (χ1) is 19.1. The SMILES string of the molecule is COc1nc(N)nc2c1ncn2[C@H](OCCOP1(=O)N[C@@H](C(=O)O[C@@H](C)c2ccccc2)CCS1)[C@](C)(O)CO. The van der Waals surface area contributed by atoms with E-state index in [4.69, 9.17) is 24.5 Å². The minimum atomic E-state index is -3.46. The highest BCUT2D eigenvalue weighted by Crippen LogP contribution is 2.59. The molecular formula is C24H33N6O8PS. The fourth-order valence-electron chi connectivity index (χ4n) is 4.05. The van der Waals surface area contributed by atoms with Crippen molar-refractivity contribution in [3.63, 3.8) is 0 Å². The molecule has 0 radical (unpaired) electrons. The standard InChI is InChI=1S/C24H33N6O8PS/c1-15(16-7-5-4-6-8-16)38-21(32)17-9-12-40-39(34,29-17)37-11-10-36-22(24(2,33)13-31)30-14-26-18-19(30)27-23(25)28-20(18)35-3/h4-8,14-15,17,22,31,33H,9-13H2,1-3H3,(H,29,34)(H2,25,27,28)/t15-,17+,22+,24+,39?/m0/s1. The Morgan fingerprint density at radius 3 is 2.77 bits per heavy atom. The Hall–Kier alpha value is -2.78. The number of imidazole rings is 1. The third kappa shape index (κ3) is 6.92. The average Bonchev–Trinajstić information content (AvgIpc) is 3.35. The lowest BCUT2D eigenvalue weighted by Crippen LogP contribution is -2.42. The number of hydrogen-bond acceptors (Lipinski definition) is 13. The minimum absolute atomic E-state index is 0.0819. The molecular weight excluding hydrogens is 563 g/mol. The van der Waals surface area contributed by atoms with Crippen molar-refractivity contribution in [1.82, 2.24) is 24.6 Å². The van der Waals surface area contributed by atoms with Gasteiger partial charge in [-0.15, -0.1) is 0 Å². The summed E-state index contributed by atoms with van der Waals surface area (Å²) in [6.45, 7) is -1.25. The van der Waals surface area contributed by atoms with E-state index in [9.17, 15) is 19.6 Å². The van der Waals surface area contributed by atoms with Gasteiger partial charge in [0.05, 0.1) is 33.3 Å². The number of carbonyl (C=O) groups is 1. The van der Waals surface area contributed by atoms with Gasteiger partial charge in [0, 0.05) is 5.75 Å². The number of aliphatic hydroxyl groups excluding tert-OH is 1. The van der Waals surface area contributed by atoms with Crippen molar-refractivity contribution in [2.75, 3.05) is 38.4 Å². The Labute approximate surface area is 234 Å². The summed E-state index contributed by atoms with van der Waals surface area (Å²) in [4.78, 5) is 25.1. The van der Waals surface area contributed by atoms with Crippen LogP contribution in [0.2, 0.25) is 0 Å². The lowest BCUT2D eigenvalue weighted by Gasteiger charge is -2.32. The average molecular weight is 597 g/mol. The molecule has 0 bridgehead atoms. The van der Waals surface area contributed by atoms with Gasteiger partial charge in [0.2, 0.25) is 11.8 Å². The van der Waals surface area contributed by atoms with Crippen LogP contribution in [0.4, 0.5) is 5.95 Å². The van der Waals surface area contributed by atoms with Gasteiger partial charge in [0.25, 0.3) is 0 Å². The van der Waals surface area contributed by atoms with E-state index in [1.807, 2.05) is 30.3 Å². The normalized spacial score (nSPS) is 22.4. The maximum Gasteiger partial charge on any atom is 0.327 e. The number of aromatic nitrogens is 4. The van der Waals surface area contributed by atoms with Crippen LogP contribution in [0.1, 0.15) is 38.2 Å². The van der Waals surface area contributed by atoms with Crippen LogP contribution in [0.15, 0.2) is 36.7 Å². The van der Waals surface area contributed by atoms with Gasteiger partial charge in [0.1, 0.15) is 17.7 Å². The number of nitrogen functional groups attached to an aromatic ring is 1. The van der Waals surface area contributed by atoms with Crippen LogP contribution < -0.4 is 15.6 Å². The van der Waals surface area contributed by atoms with E-state index in [1.54, 1.807) is 6.92 Å². The zero-order valence-corrected chi connectivity index (χ0v) is 24.0. The van der Waals surface area contributed by atoms with Crippen LogP contribution >= 0.6 is 18.1 Å². The zero-order valence-electron chi connectivity index (χ0n) is 22.3. The van der Waals surface area contributed by atoms with Crippen molar-refractivity contribution >= 4 is 41.2 Å². The van der Waals surface area contributed by atoms with Crippen molar-refractivity contribution < 1.29 is 38.3 Å². The Bertz CT molecular complexity index is 1360. The number of nitrogens with zero attached hydrogens (tertiary/aromatic N) is 4. The molecule has 5 N–H and O–H groups in total. The first-order valence-electron chi connectivity index (χ1n) is 12.5. The second-order valence-electron chi connectivity index (χ2n) is 9.28. The fourth-order valence-corrected chi connectivity index (χ4v) is 7.88. The topological polar surface area (TPSA) is 193 Å². The van der Waals surface area contributed by atoms with Crippen LogP contribution in [-0.4, -0.2) is 80.0 Å². The number of esters is 1. The molecule has 40 heavy (non-hydrogen) atoms. The van der Waals surface area contributed by atoms with Crippen LogP contribution in [0.5, 0.6) is 5.88 Å². The van der Waals surface area contributed by atoms with Crippen molar-refractivity contribution in [3.05, 3.63) is 42.2 Å². The van der Waals surface area contributed by atoms with Gasteiger partial charge >= 0.3 is 12.7 Å². The van der Waals surface area contributed by atoms with Gasteiger partial charge in [0.15, 0.2) is 17.4 Å². The van der Waals surface area contributed by atoms with Crippen LogP contribution in [0, 0.1) is 0 Å². The molecule has 0 aliphatic carbocycles. The summed E-state index contributed by atoms with van der Waals surface area (Å²) < 4.78 is 37.0. The van der Waals surface area contributed by atoms with E-state index in [0.29, 0.717) is 12.2 Å². The van der Waals surface area contributed by atoms with Gasteiger partial charge in [-0.05, 0) is 25.8 Å².